The molecule has 0 unspecified atom stereocenters. The minimum Gasteiger partial charge on any atom is -0.474 e. The van der Waals surface area contributed by atoms with Gasteiger partial charge in [0, 0.05) is 25.1 Å². The van der Waals surface area contributed by atoms with Crippen molar-refractivity contribution >= 4 is 5.91 Å². The summed E-state index contributed by atoms with van der Waals surface area (Å²) in [6, 6.07) is 11.2. The molecule has 1 aromatic carbocycles. The second-order valence-electron chi connectivity index (χ2n) is 6.84. The summed E-state index contributed by atoms with van der Waals surface area (Å²) in [7, 11) is 0. The number of tetrazole rings is 1. The highest BCUT2D eigenvalue weighted by Crippen LogP contribution is 2.16. The molecule has 9 heteroatoms. The van der Waals surface area contributed by atoms with Crippen molar-refractivity contribution in [3.8, 4) is 11.6 Å². The van der Waals surface area contributed by atoms with Gasteiger partial charge in [0.25, 0.3) is 5.91 Å². The third-order valence-corrected chi connectivity index (χ3v) is 4.67. The Labute approximate surface area is 168 Å². The Morgan fingerprint density at radius 3 is 2.72 bits per heavy atom. The highest BCUT2D eigenvalue weighted by Gasteiger charge is 2.16. The highest BCUT2D eigenvalue weighted by molar-refractivity contribution is 5.93. The number of pyridine rings is 1. The van der Waals surface area contributed by atoms with Gasteiger partial charge in [-0.15, -0.1) is 5.10 Å². The molecule has 29 heavy (non-hydrogen) atoms. The maximum atomic E-state index is 12.4. The lowest BCUT2D eigenvalue weighted by molar-refractivity contribution is 0.0237. The molecule has 1 N–H and O–H groups in total. The van der Waals surface area contributed by atoms with Crippen LogP contribution in [0.1, 0.15) is 34.6 Å². The number of carbonyl (C=O) groups is 1. The highest BCUT2D eigenvalue weighted by atomic mass is 16.5. The van der Waals surface area contributed by atoms with Crippen molar-refractivity contribution in [2.45, 2.75) is 32.4 Å². The number of nitrogens with one attached hydrogen (secondary N) is 1. The van der Waals surface area contributed by atoms with Gasteiger partial charge in [0.2, 0.25) is 5.88 Å². The van der Waals surface area contributed by atoms with Crippen molar-refractivity contribution in [2.24, 2.45) is 0 Å². The first kappa shape index (κ1) is 19.0. The van der Waals surface area contributed by atoms with E-state index in [1.807, 2.05) is 31.2 Å². The third kappa shape index (κ3) is 4.75. The number of ether oxygens (including phenoxy) is 2. The van der Waals surface area contributed by atoms with E-state index in [9.17, 15) is 4.79 Å². The van der Waals surface area contributed by atoms with Crippen molar-refractivity contribution in [3.05, 3.63) is 59.5 Å². The van der Waals surface area contributed by atoms with E-state index in [0.29, 0.717) is 30.5 Å². The molecule has 3 heterocycles. The van der Waals surface area contributed by atoms with E-state index < -0.39 is 0 Å². The van der Waals surface area contributed by atoms with E-state index in [-0.39, 0.29) is 18.6 Å². The van der Waals surface area contributed by atoms with Gasteiger partial charge in [-0.2, -0.15) is 4.68 Å². The van der Waals surface area contributed by atoms with Crippen LogP contribution in [0, 0.1) is 6.92 Å². The fourth-order valence-corrected chi connectivity index (χ4v) is 3.01. The molecule has 0 atom stereocenters. The number of amides is 1. The number of hydrogen-bond donors (Lipinski definition) is 1. The molecule has 3 aromatic rings. The van der Waals surface area contributed by atoms with Gasteiger partial charge in [-0.25, -0.2) is 4.98 Å². The van der Waals surface area contributed by atoms with Gasteiger partial charge < -0.3 is 14.8 Å². The molecule has 1 fully saturated rings. The molecule has 2 aromatic heterocycles. The maximum absolute atomic E-state index is 12.4. The molecular weight excluding hydrogens is 372 g/mol. The minimum absolute atomic E-state index is 0.108. The third-order valence-electron chi connectivity index (χ3n) is 4.67. The van der Waals surface area contributed by atoms with Crippen molar-refractivity contribution in [1.29, 1.82) is 0 Å². The van der Waals surface area contributed by atoms with Crippen LogP contribution in [0.25, 0.3) is 5.69 Å². The van der Waals surface area contributed by atoms with E-state index in [2.05, 4.69) is 25.8 Å². The molecule has 1 aliphatic rings. The number of benzene rings is 1. The van der Waals surface area contributed by atoms with Gasteiger partial charge in [0.1, 0.15) is 6.10 Å². The fraction of sp³-hybridized carbons (Fsp3) is 0.350. The summed E-state index contributed by atoms with van der Waals surface area (Å²) in [5.74, 6) is 0.792. The lowest BCUT2D eigenvalue weighted by Crippen LogP contribution is -2.26. The maximum Gasteiger partial charge on any atom is 0.253 e. The Bertz CT molecular complexity index is 949. The first-order chi connectivity index (χ1) is 14.2. The zero-order chi connectivity index (χ0) is 20.1. The number of hydrogen-bond acceptors (Lipinski definition) is 7. The fourth-order valence-electron chi connectivity index (χ4n) is 3.01. The summed E-state index contributed by atoms with van der Waals surface area (Å²) in [6.07, 6.45) is 3.31. The lowest BCUT2D eigenvalue weighted by atomic mass is 10.1. The van der Waals surface area contributed by atoms with Gasteiger partial charge in [0.05, 0.1) is 31.0 Å². The SMILES string of the molecule is Cc1ccc(-n2nnnc2CNC(=O)c2ccc(OC3CCOCC3)nc2)cc1. The van der Waals surface area contributed by atoms with E-state index in [1.165, 1.54) is 6.20 Å². The Balaban J connectivity index is 1.35. The first-order valence-corrected chi connectivity index (χ1v) is 9.52. The van der Waals surface area contributed by atoms with Crippen molar-refractivity contribution in [3.63, 3.8) is 0 Å². The molecule has 1 saturated heterocycles. The van der Waals surface area contributed by atoms with Gasteiger partial charge >= 0.3 is 0 Å². The second-order valence-corrected chi connectivity index (χ2v) is 6.84. The normalized spacial score (nSPS) is 14.5. The topological polar surface area (TPSA) is 104 Å². The standard InChI is InChI=1S/C20H22N6O3/c1-14-2-5-16(6-3-14)26-18(23-24-25-26)13-22-20(27)15-4-7-19(21-12-15)29-17-8-10-28-11-9-17/h2-7,12,17H,8-11,13H2,1H3,(H,22,27). The molecular formula is C20H22N6O3. The van der Waals surface area contributed by atoms with E-state index in [0.717, 1.165) is 24.1 Å². The smallest absolute Gasteiger partial charge is 0.253 e. The number of rotatable bonds is 6. The van der Waals surface area contributed by atoms with Crippen LogP contribution < -0.4 is 10.1 Å². The molecule has 0 radical (unpaired) electrons. The second kappa shape index (κ2) is 8.78. The summed E-state index contributed by atoms with van der Waals surface area (Å²) < 4.78 is 12.7. The average Bonchev–Trinajstić information content (AvgIpc) is 3.22. The Kier molecular flexibility index (Phi) is 5.76. The number of nitrogens with zero attached hydrogens (tertiary/aromatic N) is 5. The van der Waals surface area contributed by atoms with Crippen molar-refractivity contribution in [2.75, 3.05) is 13.2 Å². The van der Waals surface area contributed by atoms with Gasteiger partial charge in [0.15, 0.2) is 5.82 Å². The summed E-state index contributed by atoms with van der Waals surface area (Å²) in [4.78, 5) is 16.7. The molecule has 1 aliphatic heterocycles. The van der Waals surface area contributed by atoms with Crippen LogP contribution in [-0.2, 0) is 11.3 Å². The molecule has 0 saturated carbocycles. The predicted molar refractivity (Wildman–Crippen MR) is 104 cm³/mol. The predicted octanol–water partition coefficient (Wildman–Crippen LogP) is 1.85. The molecule has 0 aliphatic carbocycles. The van der Waals surface area contributed by atoms with Crippen molar-refractivity contribution in [1.82, 2.24) is 30.5 Å². The first-order valence-electron chi connectivity index (χ1n) is 9.52. The van der Waals surface area contributed by atoms with E-state index >= 15 is 0 Å². The largest absolute Gasteiger partial charge is 0.474 e. The molecule has 1 amide bonds. The van der Waals surface area contributed by atoms with Crippen LogP contribution in [-0.4, -0.2) is 50.4 Å². The summed E-state index contributed by atoms with van der Waals surface area (Å²) in [5, 5.41) is 14.5. The molecule has 4 rings (SSSR count). The quantitative estimate of drug-likeness (QED) is 0.680. The monoisotopic (exact) mass is 394 g/mol. The summed E-state index contributed by atoms with van der Waals surface area (Å²) in [6.45, 7) is 3.61. The molecule has 9 nitrogen and oxygen atoms in total. The summed E-state index contributed by atoms with van der Waals surface area (Å²) >= 11 is 0. The van der Waals surface area contributed by atoms with Gasteiger partial charge in [-0.3, -0.25) is 4.79 Å². The number of aromatic nitrogens is 5. The van der Waals surface area contributed by atoms with Crippen molar-refractivity contribution < 1.29 is 14.3 Å². The number of aryl methyl sites for hydroxylation is 1. The van der Waals surface area contributed by atoms with Crippen LogP contribution >= 0.6 is 0 Å². The average molecular weight is 394 g/mol. The summed E-state index contributed by atoms with van der Waals surface area (Å²) in [5.41, 5.74) is 2.42. The van der Waals surface area contributed by atoms with Crippen LogP contribution in [0.3, 0.4) is 0 Å². The zero-order valence-electron chi connectivity index (χ0n) is 16.1. The Morgan fingerprint density at radius 1 is 1.21 bits per heavy atom. The molecule has 0 bridgehead atoms. The van der Waals surface area contributed by atoms with Crippen LogP contribution in [0.5, 0.6) is 5.88 Å². The Morgan fingerprint density at radius 2 is 2.00 bits per heavy atom. The van der Waals surface area contributed by atoms with Gasteiger partial charge in [-0.1, -0.05) is 17.7 Å². The zero-order valence-corrected chi connectivity index (χ0v) is 16.1. The molecule has 0 spiro atoms. The van der Waals surface area contributed by atoms with Crippen LogP contribution in [0.15, 0.2) is 42.6 Å². The van der Waals surface area contributed by atoms with E-state index in [1.54, 1.807) is 16.8 Å². The van der Waals surface area contributed by atoms with Crippen LogP contribution in [0.2, 0.25) is 0 Å². The lowest BCUT2D eigenvalue weighted by Gasteiger charge is -2.22. The van der Waals surface area contributed by atoms with Gasteiger partial charge in [-0.05, 0) is 35.5 Å². The Hall–Kier alpha value is -3.33. The van der Waals surface area contributed by atoms with Crippen LogP contribution in [0.4, 0.5) is 0 Å². The molecule has 150 valence electrons. The van der Waals surface area contributed by atoms with E-state index in [4.69, 9.17) is 9.47 Å². The number of carbonyl (C=O) groups excluding carboxylic acids is 1. The minimum atomic E-state index is -0.256.